The molecule has 1 aliphatic rings. The van der Waals surface area contributed by atoms with Crippen LogP contribution in [0.4, 0.5) is 5.69 Å². The second-order valence-electron chi connectivity index (χ2n) is 5.27. The Bertz CT molecular complexity index is 784. The van der Waals surface area contributed by atoms with Gasteiger partial charge in [-0.05, 0) is 19.3 Å². The van der Waals surface area contributed by atoms with Gasteiger partial charge in [-0.1, -0.05) is 0 Å². The first kappa shape index (κ1) is 12.8. The number of hydrogen-bond acceptors (Lipinski definition) is 5. The van der Waals surface area contributed by atoms with Crippen molar-refractivity contribution >= 4 is 11.6 Å². The first-order valence-corrected chi connectivity index (χ1v) is 7.10. The van der Waals surface area contributed by atoms with E-state index < -0.39 is 0 Å². The summed E-state index contributed by atoms with van der Waals surface area (Å²) in [4.78, 5) is 16.3. The molecule has 1 fully saturated rings. The number of amides is 1. The average Bonchev–Trinajstić information content (AvgIpc) is 3.18. The number of aromatic amines is 1. The minimum Gasteiger partial charge on any atom is -0.444 e. The van der Waals surface area contributed by atoms with Crippen molar-refractivity contribution < 1.29 is 9.21 Å². The largest absolute Gasteiger partial charge is 0.444 e. The molecule has 1 aliphatic carbocycles. The lowest BCUT2D eigenvalue weighted by Crippen LogP contribution is -2.17. The number of nitrogens with zero attached hydrogens (tertiary/aromatic N) is 4. The smallest absolute Gasteiger partial charge is 0.277 e. The molecule has 3 heterocycles. The normalized spacial score (nSPS) is 14.7. The van der Waals surface area contributed by atoms with Gasteiger partial charge in [0.25, 0.3) is 5.91 Å². The third-order valence-electron chi connectivity index (χ3n) is 3.79. The lowest BCUT2D eigenvalue weighted by atomic mass is 9.93. The Hall–Kier alpha value is -2.90. The maximum absolute atomic E-state index is 12.2. The van der Waals surface area contributed by atoms with Gasteiger partial charge in [-0.25, -0.2) is 4.98 Å². The first-order valence-electron chi connectivity index (χ1n) is 7.10. The summed E-state index contributed by atoms with van der Waals surface area (Å²) in [6.45, 7) is 0. The van der Waals surface area contributed by atoms with E-state index >= 15 is 0 Å². The van der Waals surface area contributed by atoms with Crippen molar-refractivity contribution in [2.24, 2.45) is 0 Å². The number of anilines is 1. The number of aromatic nitrogens is 5. The van der Waals surface area contributed by atoms with Gasteiger partial charge in [0.2, 0.25) is 5.89 Å². The summed E-state index contributed by atoms with van der Waals surface area (Å²) in [7, 11) is 0. The Balaban J connectivity index is 1.46. The SMILES string of the molecule is O=C(Nc1cnn(C2CCC2)c1)c1coc(-c2cn[nH]c2)n1. The molecular weight excluding hydrogens is 284 g/mol. The maximum Gasteiger partial charge on any atom is 0.277 e. The minimum absolute atomic E-state index is 0.215. The number of rotatable bonds is 4. The predicted molar refractivity (Wildman–Crippen MR) is 77.2 cm³/mol. The Labute approximate surface area is 125 Å². The van der Waals surface area contributed by atoms with E-state index in [2.05, 4.69) is 25.6 Å². The molecule has 0 atom stereocenters. The van der Waals surface area contributed by atoms with E-state index in [0.29, 0.717) is 23.2 Å². The fourth-order valence-electron chi connectivity index (χ4n) is 2.33. The second kappa shape index (κ2) is 5.14. The standard InChI is InChI=1S/C14H14N6O2/c21-13(12-8-22-14(19-12)9-4-15-16-5-9)18-10-6-17-20(7-10)11-2-1-3-11/h4-8,11H,1-3H2,(H,15,16)(H,18,21). The Morgan fingerprint density at radius 3 is 3.05 bits per heavy atom. The van der Waals surface area contributed by atoms with Gasteiger partial charge in [0.05, 0.1) is 29.7 Å². The summed E-state index contributed by atoms with van der Waals surface area (Å²) in [6, 6.07) is 0.463. The van der Waals surface area contributed by atoms with Gasteiger partial charge in [0, 0.05) is 12.4 Å². The topological polar surface area (TPSA) is 102 Å². The van der Waals surface area contributed by atoms with Crippen molar-refractivity contribution in [1.29, 1.82) is 0 Å². The van der Waals surface area contributed by atoms with E-state index in [1.165, 1.54) is 12.7 Å². The van der Waals surface area contributed by atoms with E-state index in [-0.39, 0.29) is 11.6 Å². The van der Waals surface area contributed by atoms with Crippen LogP contribution in [0.2, 0.25) is 0 Å². The van der Waals surface area contributed by atoms with Crippen molar-refractivity contribution in [3.05, 3.63) is 36.7 Å². The minimum atomic E-state index is -0.327. The molecule has 0 aliphatic heterocycles. The number of carbonyl (C=O) groups excluding carboxylic acids is 1. The van der Waals surface area contributed by atoms with Crippen LogP contribution >= 0.6 is 0 Å². The second-order valence-corrected chi connectivity index (χ2v) is 5.27. The summed E-state index contributed by atoms with van der Waals surface area (Å²) in [5.41, 5.74) is 1.56. The molecule has 0 spiro atoms. The molecule has 0 radical (unpaired) electrons. The van der Waals surface area contributed by atoms with Crippen LogP contribution in [0, 0.1) is 0 Å². The van der Waals surface area contributed by atoms with Gasteiger partial charge in [0.15, 0.2) is 5.69 Å². The highest BCUT2D eigenvalue weighted by Crippen LogP contribution is 2.31. The molecular formula is C14H14N6O2. The van der Waals surface area contributed by atoms with Crippen molar-refractivity contribution in [3.8, 4) is 11.5 Å². The molecule has 4 rings (SSSR count). The quantitative estimate of drug-likeness (QED) is 0.769. The molecule has 2 N–H and O–H groups in total. The number of hydrogen-bond donors (Lipinski definition) is 2. The van der Waals surface area contributed by atoms with E-state index in [0.717, 1.165) is 12.8 Å². The summed E-state index contributed by atoms with van der Waals surface area (Å²) in [5, 5.41) is 13.5. The summed E-state index contributed by atoms with van der Waals surface area (Å²) < 4.78 is 7.19. The Morgan fingerprint density at radius 1 is 1.41 bits per heavy atom. The molecule has 0 bridgehead atoms. The van der Waals surface area contributed by atoms with Gasteiger partial charge < -0.3 is 9.73 Å². The number of carbonyl (C=O) groups is 1. The van der Waals surface area contributed by atoms with Crippen LogP contribution in [0.5, 0.6) is 0 Å². The van der Waals surface area contributed by atoms with Crippen LogP contribution in [0.3, 0.4) is 0 Å². The van der Waals surface area contributed by atoms with Gasteiger partial charge in [-0.3, -0.25) is 14.6 Å². The predicted octanol–water partition coefficient (Wildman–Crippen LogP) is 2.24. The van der Waals surface area contributed by atoms with Gasteiger partial charge >= 0.3 is 0 Å². The van der Waals surface area contributed by atoms with Crippen LogP contribution in [0.25, 0.3) is 11.5 Å². The van der Waals surface area contributed by atoms with E-state index in [4.69, 9.17) is 4.42 Å². The highest BCUT2D eigenvalue weighted by molar-refractivity contribution is 6.02. The lowest BCUT2D eigenvalue weighted by Gasteiger charge is -2.25. The zero-order valence-electron chi connectivity index (χ0n) is 11.7. The molecule has 0 saturated heterocycles. The van der Waals surface area contributed by atoms with E-state index in [1.807, 2.05) is 10.9 Å². The third kappa shape index (κ3) is 2.28. The van der Waals surface area contributed by atoms with E-state index in [1.54, 1.807) is 18.6 Å². The first-order chi connectivity index (χ1) is 10.8. The van der Waals surface area contributed by atoms with Gasteiger partial charge in [-0.2, -0.15) is 10.2 Å². The molecule has 22 heavy (non-hydrogen) atoms. The maximum atomic E-state index is 12.2. The van der Waals surface area contributed by atoms with Crippen molar-refractivity contribution in [3.63, 3.8) is 0 Å². The highest BCUT2D eigenvalue weighted by Gasteiger charge is 2.21. The molecule has 3 aromatic heterocycles. The zero-order valence-corrected chi connectivity index (χ0v) is 11.7. The molecule has 1 saturated carbocycles. The van der Waals surface area contributed by atoms with Gasteiger partial charge in [0.1, 0.15) is 6.26 Å². The monoisotopic (exact) mass is 298 g/mol. The van der Waals surface area contributed by atoms with Crippen LogP contribution in [-0.4, -0.2) is 30.9 Å². The number of nitrogens with one attached hydrogen (secondary N) is 2. The van der Waals surface area contributed by atoms with Gasteiger partial charge in [-0.15, -0.1) is 0 Å². The lowest BCUT2D eigenvalue weighted by molar-refractivity contribution is 0.102. The van der Waals surface area contributed by atoms with Crippen LogP contribution in [0.1, 0.15) is 35.8 Å². The fourth-order valence-corrected chi connectivity index (χ4v) is 2.33. The fraction of sp³-hybridized carbons (Fsp3) is 0.286. The molecule has 112 valence electrons. The van der Waals surface area contributed by atoms with Crippen molar-refractivity contribution in [2.45, 2.75) is 25.3 Å². The molecule has 0 aromatic carbocycles. The zero-order chi connectivity index (χ0) is 14.9. The van der Waals surface area contributed by atoms with Crippen LogP contribution < -0.4 is 5.32 Å². The molecule has 3 aromatic rings. The number of oxazole rings is 1. The summed E-state index contributed by atoms with van der Waals surface area (Å²) >= 11 is 0. The van der Waals surface area contributed by atoms with Crippen molar-refractivity contribution in [2.75, 3.05) is 5.32 Å². The van der Waals surface area contributed by atoms with E-state index in [9.17, 15) is 4.79 Å². The molecule has 8 heteroatoms. The molecule has 8 nitrogen and oxygen atoms in total. The average molecular weight is 298 g/mol. The Kier molecular flexibility index (Phi) is 2.99. The van der Waals surface area contributed by atoms with Crippen LogP contribution in [-0.2, 0) is 0 Å². The Morgan fingerprint density at radius 2 is 2.32 bits per heavy atom. The number of H-pyrrole nitrogens is 1. The van der Waals surface area contributed by atoms with Crippen LogP contribution in [0.15, 0.2) is 35.5 Å². The molecule has 1 amide bonds. The highest BCUT2D eigenvalue weighted by atomic mass is 16.3. The molecule has 0 unspecified atom stereocenters. The van der Waals surface area contributed by atoms with Crippen molar-refractivity contribution in [1.82, 2.24) is 25.0 Å². The third-order valence-corrected chi connectivity index (χ3v) is 3.79. The summed E-state index contributed by atoms with van der Waals surface area (Å²) in [6.07, 6.45) is 11.6. The summed E-state index contributed by atoms with van der Waals surface area (Å²) in [5.74, 6) is 0.0238.